The number of rotatable bonds is 2. The van der Waals surface area contributed by atoms with E-state index < -0.39 is 0 Å². The van der Waals surface area contributed by atoms with Gasteiger partial charge in [0, 0.05) is 18.0 Å². The standard InChI is InChI=1S/C16H14N2O/c17-14-8-9-16(19)18(11-14)10-13-6-3-5-12-4-1-2-7-15(12)13/h1-9,11H,10,17H2. The monoisotopic (exact) mass is 250 g/mol. The zero-order chi connectivity index (χ0) is 13.2. The van der Waals surface area contributed by atoms with E-state index in [0.717, 1.165) is 5.56 Å². The first-order chi connectivity index (χ1) is 9.24. The van der Waals surface area contributed by atoms with Crippen molar-refractivity contribution in [3.05, 3.63) is 76.7 Å². The van der Waals surface area contributed by atoms with Crippen LogP contribution >= 0.6 is 0 Å². The molecule has 1 heterocycles. The number of benzene rings is 2. The van der Waals surface area contributed by atoms with E-state index in [-0.39, 0.29) is 5.56 Å². The van der Waals surface area contributed by atoms with E-state index in [1.165, 1.54) is 16.8 Å². The van der Waals surface area contributed by atoms with Crippen LogP contribution in [-0.2, 0) is 6.54 Å². The Labute approximate surface area is 110 Å². The molecule has 0 aliphatic heterocycles. The number of nitrogens with zero attached hydrogens (tertiary/aromatic N) is 1. The minimum Gasteiger partial charge on any atom is -0.398 e. The molecule has 0 bridgehead atoms. The lowest BCUT2D eigenvalue weighted by molar-refractivity contribution is 0.766. The number of fused-ring (bicyclic) bond motifs is 1. The van der Waals surface area contributed by atoms with E-state index >= 15 is 0 Å². The molecule has 3 aromatic rings. The van der Waals surface area contributed by atoms with Crippen LogP contribution in [0.1, 0.15) is 5.56 Å². The Morgan fingerprint density at radius 3 is 2.63 bits per heavy atom. The highest BCUT2D eigenvalue weighted by Crippen LogP contribution is 2.19. The second-order valence-electron chi connectivity index (χ2n) is 4.57. The minimum absolute atomic E-state index is 0.0397. The van der Waals surface area contributed by atoms with Gasteiger partial charge in [0.15, 0.2) is 0 Å². The van der Waals surface area contributed by atoms with Crippen molar-refractivity contribution in [2.75, 3.05) is 5.73 Å². The van der Waals surface area contributed by atoms with Crippen LogP contribution in [0.2, 0.25) is 0 Å². The molecule has 1 aromatic heterocycles. The summed E-state index contributed by atoms with van der Waals surface area (Å²) >= 11 is 0. The molecule has 0 spiro atoms. The van der Waals surface area contributed by atoms with Crippen LogP contribution in [0.25, 0.3) is 10.8 Å². The molecule has 0 aliphatic carbocycles. The largest absolute Gasteiger partial charge is 0.398 e. The summed E-state index contributed by atoms with van der Waals surface area (Å²) in [6.45, 7) is 0.533. The molecule has 0 saturated carbocycles. The quantitative estimate of drug-likeness (QED) is 0.760. The summed E-state index contributed by atoms with van der Waals surface area (Å²) in [5.41, 5.74) is 7.41. The molecule has 3 nitrogen and oxygen atoms in total. The van der Waals surface area contributed by atoms with Gasteiger partial charge in [-0.2, -0.15) is 0 Å². The average molecular weight is 250 g/mol. The van der Waals surface area contributed by atoms with Crippen molar-refractivity contribution in [2.45, 2.75) is 6.54 Å². The Balaban J connectivity index is 2.11. The molecule has 0 atom stereocenters. The lowest BCUT2D eigenvalue weighted by Crippen LogP contribution is -2.19. The van der Waals surface area contributed by atoms with Crippen molar-refractivity contribution in [1.29, 1.82) is 0 Å². The van der Waals surface area contributed by atoms with E-state index in [2.05, 4.69) is 18.2 Å². The third-order valence-corrected chi connectivity index (χ3v) is 3.23. The fourth-order valence-electron chi connectivity index (χ4n) is 2.29. The lowest BCUT2D eigenvalue weighted by atomic mass is 10.0. The molecule has 0 unspecified atom stereocenters. The molecule has 2 aromatic carbocycles. The number of nitrogens with two attached hydrogens (primary N) is 1. The first kappa shape index (κ1) is 11.5. The topological polar surface area (TPSA) is 48.0 Å². The van der Waals surface area contributed by atoms with Gasteiger partial charge in [-0.25, -0.2) is 0 Å². The SMILES string of the molecule is Nc1ccc(=O)n(Cc2cccc3ccccc23)c1. The molecule has 0 amide bonds. The highest BCUT2D eigenvalue weighted by atomic mass is 16.1. The van der Waals surface area contributed by atoms with E-state index in [1.807, 2.05) is 24.3 Å². The van der Waals surface area contributed by atoms with Crippen molar-refractivity contribution < 1.29 is 0 Å². The number of hydrogen-bond donors (Lipinski definition) is 1. The Bertz CT molecular complexity index is 785. The zero-order valence-electron chi connectivity index (χ0n) is 10.4. The maximum atomic E-state index is 11.8. The van der Waals surface area contributed by atoms with Crippen LogP contribution in [0.3, 0.4) is 0 Å². The second kappa shape index (κ2) is 4.61. The second-order valence-corrected chi connectivity index (χ2v) is 4.57. The summed E-state index contributed by atoms with van der Waals surface area (Å²) in [6.07, 6.45) is 1.68. The molecule has 0 aliphatic rings. The molecule has 94 valence electrons. The normalized spacial score (nSPS) is 10.7. The molecule has 0 radical (unpaired) electrons. The third-order valence-electron chi connectivity index (χ3n) is 3.23. The lowest BCUT2D eigenvalue weighted by Gasteiger charge is -2.09. The number of pyridine rings is 1. The fraction of sp³-hybridized carbons (Fsp3) is 0.0625. The molecule has 0 fully saturated rings. The van der Waals surface area contributed by atoms with Crippen LogP contribution < -0.4 is 11.3 Å². The summed E-state index contributed by atoms with van der Waals surface area (Å²) in [5.74, 6) is 0. The highest BCUT2D eigenvalue weighted by molar-refractivity contribution is 5.85. The van der Waals surface area contributed by atoms with Gasteiger partial charge < -0.3 is 10.3 Å². The molecule has 19 heavy (non-hydrogen) atoms. The van der Waals surface area contributed by atoms with Gasteiger partial charge in [-0.3, -0.25) is 4.79 Å². The van der Waals surface area contributed by atoms with Crippen LogP contribution in [0, 0.1) is 0 Å². The van der Waals surface area contributed by atoms with Crippen molar-refractivity contribution >= 4 is 16.5 Å². The smallest absolute Gasteiger partial charge is 0.250 e. The zero-order valence-corrected chi connectivity index (χ0v) is 10.4. The van der Waals surface area contributed by atoms with Crippen molar-refractivity contribution in [2.24, 2.45) is 0 Å². The average Bonchev–Trinajstić information content (AvgIpc) is 2.43. The van der Waals surface area contributed by atoms with E-state index in [9.17, 15) is 4.79 Å². The minimum atomic E-state index is -0.0397. The summed E-state index contributed by atoms with van der Waals surface area (Å²) in [6, 6.07) is 17.4. The molecule has 2 N–H and O–H groups in total. The van der Waals surface area contributed by atoms with Gasteiger partial charge in [0.1, 0.15) is 0 Å². The first-order valence-electron chi connectivity index (χ1n) is 6.17. The number of aromatic nitrogens is 1. The van der Waals surface area contributed by atoms with Crippen molar-refractivity contribution in [3.8, 4) is 0 Å². The Kier molecular flexibility index (Phi) is 2.80. The van der Waals surface area contributed by atoms with E-state index in [4.69, 9.17) is 5.73 Å². The van der Waals surface area contributed by atoms with Crippen LogP contribution in [-0.4, -0.2) is 4.57 Å². The van der Waals surface area contributed by atoms with Gasteiger partial charge in [-0.05, 0) is 22.4 Å². The van der Waals surface area contributed by atoms with Crippen molar-refractivity contribution in [3.63, 3.8) is 0 Å². The van der Waals surface area contributed by atoms with Gasteiger partial charge in [0.25, 0.3) is 5.56 Å². The van der Waals surface area contributed by atoms with Crippen molar-refractivity contribution in [1.82, 2.24) is 4.57 Å². The van der Waals surface area contributed by atoms with Gasteiger partial charge in [-0.1, -0.05) is 42.5 Å². The number of nitrogen functional groups attached to an aromatic ring is 1. The van der Waals surface area contributed by atoms with E-state index in [1.54, 1.807) is 16.8 Å². The number of hydrogen-bond acceptors (Lipinski definition) is 2. The third kappa shape index (κ3) is 2.22. The van der Waals surface area contributed by atoms with Gasteiger partial charge in [-0.15, -0.1) is 0 Å². The Hall–Kier alpha value is -2.55. The maximum Gasteiger partial charge on any atom is 0.250 e. The molecular weight excluding hydrogens is 236 g/mol. The summed E-state index contributed by atoms with van der Waals surface area (Å²) < 4.78 is 1.64. The molecule has 3 heteroatoms. The van der Waals surface area contributed by atoms with Gasteiger partial charge >= 0.3 is 0 Å². The summed E-state index contributed by atoms with van der Waals surface area (Å²) in [5, 5.41) is 2.34. The highest BCUT2D eigenvalue weighted by Gasteiger charge is 2.03. The van der Waals surface area contributed by atoms with Gasteiger partial charge in [0.05, 0.1) is 6.54 Å². The number of anilines is 1. The van der Waals surface area contributed by atoms with E-state index in [0.29, 0.717) is 12.2 Å². The Morgan fingerprint density at radius 2 is 1.74 bits per heavy atom. The fourth-order valence-corrected chi connectivity index (χ4v) is 2.29. The predicted molar refractivity (Wildman–Crippen MR) is 78.2 cm³/mol. The molecular formula is C16H14N2O. The van der Waals surface area contributed by atoms with Crippen LogP contribution in [0.5, 0.6) is 0 Å². The van der Waals surface area contributed by atoms with Crippen LogP contribution in [0.15, 0.2) is 65.6 Å². The summed E-state index contributed by atoms with van der Waals surface area (Å²) in [4.78, 5) is 11.8. The Morgan fingerprint density at radius 1 is 0.947 bits per heavy atom. The summed E-state index contributed by atoms with van der Waals surface area (Å²) in [7, 11) is 0. The molecule has 0 saturated heterocycles. The predicted octanol–water partition coefficient (Wildman–Crippen LogP) is 2.63. The first-order valence-corrected chi connectivity index (χ1v) is 6.17. The molecule has 3 rings (SSSR count). The maximum absolute atomic E-state index is 11.8. The van der Waals surface area contributed by atoms with Gasteiger partial charge in [0.2, 0.25) is 0 Å². The van der Waals surface area contributed by atoms with Crippen LogP contribution in [0.4, 0.5) is 5.69 Å².